The van der Waals surface area contributed by atoms with Crippen LogP contribution < -0.4 is 14.7 Å². The molecule has 0 N–H and O–H groups in total. The zero-order valence-corrected chi connectivity index (χ0v) is 35.9. The van der Waals surface area contributed by atoms with Crippen molar-refractivity contribution in [2.45, 2.75) is 53.9 Å². The molecule has 1 aliphatic carbocycles. The summed E-state index contributed by atoms with van der Waals surface area (Å²) in [6.07, 6.45) is 3.57. The normalized spacial score (nSPS) is 12.2. The van der Waals surface area contributed by atoms with Crippen LogP contribution in [0.2, 0.25) is 0 Å². The van der Waals surface area contributed by atoms with Gasteiger partial charge in [-0.05, 0) is 150 Å². The van der Waals surface area contributed by atoms with Crippen molar-refractivity contribution in [3.8, 4) is 0 Å². The number of hydrogen-bond acceptors (Lipinski definition) is 4. The van der Waals surface area contributed by atoms with Crippen LogP contribution in [0.25, 0.3) is 20.2 Å². The minimum Gasteiger partial charge on any atom is -0.310 e. The molecule has 0 fully saturated rings. The second-order valence-electron chi connectivity index (χ2n) is 16.6. The molecule has 8 aromatic carbocycles. The van der Waals surface area contributed by atoms with Crippen LogP contribution in [0.15, 0.2) is 170 Å². The molecule has 0 saturated heterocycles. The fourth-order valence-electron chi connectivity index (χ4n) is 8.84. The first-order valence-electron chi connectivity index (χ1n) is 21.1. The van der Waals surface area contributed by atoms with Crippen molar-refractivity contribution in [2.24, 2.45) is 0 Å². The Bertz CT molecular complexity index is 2770. The number of benzene rings is 8. The fraction of sp³-hybridized carbons (Fsp3) is 0.143. The summed E-state index contributed by atoms with van der Waals surface area (Å²) in [6, 6.07) is 63.4. The molecule has 1 heterocycles. The number of nitrogens with zero attached hydrogens (tertiary/aromatic N) is 3. The molecule has 1 aromatic heterocycles. The first-order valence-corrected chi connectivity index (χ1v) is 21.9. The van der Waals surface area contributed by atoms with Crippen molar-refractivity contribution >= 4 is 82.7 Å². The zero-order valence-electron chi connectivity index (χ0n) is 35.0. The Morgan fingerprint density at radius 1 is 0.350 bits per heavy atom. The second kappa shape index (κ2) is 15.5. The Labute approximate surface area is 358 Å². The molecule has 3 nitrogen and oxygen atoms in total. The highest BCUT2D eigenvalue weighted by molar-refractivity contribution is 7.26. The van der Waals surface area contributed by atoms with Crippen LogP contribution in [-0.4, -0.2) is 0 Å². The molecule has 0 amide bonds. The van der Waals surface area contributed by atoms with Crippen molar-refractivity contribution in [1.29, 1.82) is 0 Å². The summed E-state index contributed by atoms with van der Waals surface area (Å²) >= 11 is 1.97. The monoisotopic (exact) mass is 795 g/mol. The summed E-state index contributed by atoms with van der Waals surface area (Å²) in [6.45, 7) is 10.8. The molecular formula is C56H49N3S. The molecule has 0 atom stereocenters. The van der Waals surface area contributed by atoms with E-state index in [1.807, 2.05) is 11.3 Å². The van der Waals surface area contributed by atoms with Gasteiger partial charge < -0.3 is 14.7 Å². The SMILES string of the molecule is Cc1ccc(N(c2ccc(C)cc2)c2cc(N(c3ccc(C)cc3)c3ccc(C)cc3)cc(N(c3ccc(C)cc3)c3cccc4c3sc3c5c(ccc34)CCC5)c2)cc1. The molecule has 10 rings (SSSR count). The second-order valence-corrected chi connectivity index (χ2v) is 17.6. The summed E-state index contributed by atoms with van der Waals surface area (Å²) in [5, 5.41) is 2.68. The van der Waals surface area contributed by atoms with E-state index in [-0.39, 0.29) is 0 Å². The summed E-state index contributed by atoms with van der Waals surface area (Å²) in [5.74, 6) is 0. The minimum atomic E-state index is 1.07. The fourth-order valence-corrected chi connectivity index (χ4v) is 10.2. The molecule has 0 bridgehead atoms. The summed E-state index contributed by atoms with van der Waals surface area (Å²) in [4.78, 5) is 7.31. The standard InChI is InChI=1S/C56H49N3S/c1-37-12-23-43(24-13-37)57(44-25-14-38(2)15-26-44)48-34-49(58(45-27-16-39(3)17-28-45)46-29-18-40(4)19-30-46)36-50(35-48)59(47-31-20-41(5)21-32-47)54-11-7-10-52-53-33-22-42-8-6-9-51(42)55(53)60-56(52)54/h7,10-36H,6,8-9H2,1-5H3. The van der Waals surface area contributed by atoms with E-state index in [9.17, 15) is 0 Å². The summed E-state index contributed by atoms with van der Waals surface area (Å²) in [7, 11) is 0. The predicted octanol–water partition coefficient (Wildman–Crippen LogP) is 16.5. The van der Waals surface area contributed by atoms with E-state index in [0.717, 1.165) is 51.9 Å². The Balaban J connectivity index is 1.28. The van der Waals surface area contributed by atoms with E-state index >= 15 is 0 Å². The van der Waals surface area contributed by atoms with Crippen LogP contribution in [0.5, 0.6) is 0 Å². The Kier molecular flexibility index (Phi) is 9.74. The first kappa shape index (κ1) is 37.6. The van der Waals surface area contributed by atoms with Crippen molar-refractivity contribution in [2.75, 3.05) is 14.7 Å². The van der Waals surface area contributed by atoms with Gasteiger partial charge in [0.05, 0.1) is 27.4 Å². The van der Waals surface area contributed by atoms with Gasteiger partial charge in [0.1, 0.15) is 0 Å². The highest BCUT2D eigenvalue weighted by Crippen LogP contribution is 2.50. The number of thiophene rings is 1. The summed E-state index contributed by atoms with van der Waals surface area (Å²) < 4.78 is 2.75. The zero-order chi connectivity index (χ0) is 40.9. The molecule has 294 valence electrons. The van der Waals surface area contributed by atoms with E-state index in [1.54, 1.807) is 5.56 Å². The van der Waals surface area contributed by atoms with Crippen LogP contribution in [0.3, 0.4) is 0 Å². The minimum absolute atomic E-state index is 1.07. The van der Waals surface area contributed by atoms with Crippen molar-refractivity contribution in [3.63, 3.8) is 0 Å². The molecule has 0 unspecified atom stereocenters. The lowest BCUT2D eigenvalue weighted by Crippen LogP contribution is -2.16. The van der Waals surface area contributed by atoms with Crippen LogP contribution in [0, 0.1) is 34.6 Å². The van der Waals surface area contributed by atoms with Gasteiger partial charge in [0.2, 0.25) is 0 Å². The van der Waals surface area contributed by atoms with Gasteiger partial charge in [-0.15, -0.1) is 11.3 Å². The van der Waals surface area contributed by atoms with Gasteiger partial charge in [0.15, 0.2) is 0 Å². The maximum Gasteiger partial charge on any atom is 0.0640 e. The number of rotatable bonds is 9. The quantitative estimate of drug-likeness (QED) is 0.144. The average molecular weight is 796 g/mol. The van der Waals surface area contributed by atoms with E-state index in [1.165, 1.54) is 72.1 Å². The molecular weight excluding hydrogens is 747 g/mol. The maximum atomic E-state index is 2.50. The molecule has 0 saturated carbocycles. The van der Waals surface area contributed by atoms with Crippen LogP contribution in [0.4, 0.5) is 51.2 Å². The first-order chi connectivity index (χ1) is 29.3. The van der Waals surface area contributed by atoms with Gasteiger partial charge in [0.25, 0.3) is 0 Å². The van der Waals surface area contributed by atoms with E-state index in [2.05, 4.69) is 219 Å². The molecule has 0 spiro atoms. The van der Waals surface area contributed by atoms with Gasteiger partial charge in [-0.2, -0.15) is 0 Å². The smallest absolute Gasteiger partial charge is 0.0640 e. The van der Waals surface area contributed by atoms with E-state index in [4.69, 9.17) is 0 Å². The molecule has 1 aliphatic rings. The van der Waals surface area contributed by atoms with Gasteiger partial charge in [-0.25, -0.2) is 0 Å². The predicted molar refractivity (Wildman–Crippen MR) is 259 cm³/mol. The number of hydrogen-bond donors (Lipinski definition) is 0. The van der Waals surface area contributed by atoms with E-state index < -0.39 is 0 Å². The van der Waals surface area contributed by atoms with Crippen molar-refractivity contribution < 1.29 is 0 Å². The topological polar surface area (TPSA) is 9.72 Å². The lowest BCUT2D eigenvalue weighted by Gasteiger charge is -2.33. The van der Waals surface area contributed by atoms with Crippen molar-refractivity contribution in [3.05, 3.63) is 209 Å². The Morgan fingerprint density at radius 2 is 0.733 bits per heavy atom. The Morgan fingerprint density at radius 3 is 1.17 bits per heavy atom. The number of fused-ring (bicyclic) bond motifs is 5. The van der Waals surface area contributed by atoms with Crippen LogP contribution >= 0.6 is 11.3 Å². The Hall–Kier alpha value is -6.62. The van der Waals surface area contributed by atoms with Gasteiger partial charge in [-0.1, -0.05) is 113 Å². The van der Waals surface area contributed by atoms with Gasteiger partial charge in [0, 0.05) is 43.9 Å². The highest BCUT2D eigenvalue weighted by Gasteiger charge is 2.25. The van der Waals surface area contributed by atoms with Crippen LogP contribution in [-0.2, 0) is 12.8 Å². The lowest BCUT2D eigenvalue weighted by molar-refractivity contribution is 0.914. The van der Waals surface area contributed by atoms with E-state index in [0.29, 0.717) is 0 Å². The highest BCUT2D eigenvalue weighted by atomic mass is 32.1. The van der Waals surface area contributed by atoms with Gasteiger partial charge in [-0.3, -0.25) is 0 Å². The third-order valence-electron chi connectivity index (χ3n) is 12.1. The van der Waals surface area contributed by atoms with Crippen LogP contribution in [0.1, 0.15) is 45.4 Å². The van der Waals surface area contributed by atoms with Crippen molar-refractivity contribution in [1.82, 2.24) is 0 Å². The number of aryl methyl sites for hydroxylation is 7. The largest absolute Gasteiger partial charge is 0.310 e. The third kappa shape index (κ3) is 7.01. The molecule has 0 radical (unpaired) electrons. The maximum absolute atomic E-state index is 2.50. The molecule has 60 heavy (non-hydrogen) atoms. The number of anilines is 9. The third-order valence-corrected chi connectivity index (χ3v) is 13.4. The summed E-state index contributed by atoms with van der Waals surface area (Å²) in [5.41, 5.74) is 19.2. The van der Waals surface area contributed by atoms with Gasteiger partial charge >= 0.3 is 0 Å². The average Bonchev–Trinajstić information content (AvgIpc) is 3.90. The molecule has 4 heteroatoms. The molecule has 0 aliphatic heterocycles. The lowest BCUT2D eigenvalue weighted by atomic mass is 10.0. The molecule has 9 aromatic rings.